The number of benzene rings is 1. The van der Waals surface area contributed by atoms with E-state index in [1.807, 2.05) is 31.2 Å². The van der Waals surface area contributed by atoms with Gasteiger partial charge in [-0.3, -0.25) is 14.5 Å². The number of anilines is 1. The Morgan fingerprint density at radius 2 is 2.16 bits per heavy atom. The SMILES string of the molecule is CCNC(=O)C1Cc2ccccc2N1C(=O)CCCl. The topological polar surface area (TPSA) is 49.4 Å². The Labute approximate surface area is 117 Å². The summed E-state index contributed by atoms with van der Waals surface area (Å²) < 4.78 is 0. The molecule has 19 heavy (non-hydrogen) atoms. The van der Waals surface area contributed by atoms with Crippen molar-refractivity contribution in [1.82, 2.24) is 5.32 Å². The van der Waals surface area contributed by atoms with Gasteiger partial charge in [-0.25, -0.2) is 0 Å². The molecule has 0 bridgehead atoms. The van der Waals surface area contributed by atoms with Crippen LogP contribution in [-0.4, -0.2) is 30.3 Å². The number of nitrogens with one attached hydrogen (secondary N) is 1. The molecule has 0 spiro atoms. The normalized spacial score (nSPS) is 17.2. The fraction of sp³-hybridized carbons (Fsp3) is 0.429. The molecule has 0 aromatic heterocycles. The van der Waals surface area contributed by atoms with Gasteiger partial charge in [-0.05, 0) is 18.6 Å². The van der Waals surface area contributed by atoms with Gasteiger partial charge in [0, 0.05) is 31.0 Å². The van der Waals surface area contributed by atoms with Crippen LogP contribution in [0.15, 0.2) is 24.3 Å². The van der Waals surface area contributed by atoms with Gasteiger partial charge >= 0.3 is 0 Å². The van der Waals surface area contributed by atoms with Gasteiger partial charge < -0.3 is 5.32 Å². The number of hydrogen-bond acceptors (Lipinski definition) is 2. The second-order valence-electron chi connectivity index (χ2n) is 4.45. The molecule has 1 heterocycles. The molecule has 0 saturated heterocycles. The highest BCUT2D eigenvalue weighted by molar-refractivity contribution is 6.19. The monoisotopic (exact) mass is 280 g/mol. The molecule has 1 N–H and O–H groups in total. The van der Waals surface area contributed by atoms with Crippen molar-refractivity contribution in [3.63, 3.8) is 0 Å². The first kappa shape index (κ1) is 13.9. The number of amides is 2. The lowest BCUT2D eigenvalue weighted by atomic mass is 10.1. The number of fused-ring (bicyclic) bond motifs is 1. The van der Waals surface area contributed by atoms with E-state index >= 15 is 0 Å². The second kappa shape index (κ2) is 6.06. The summed E-state index contributed by atoms with van der Waals surface area (Å²) in [6.07, 6.45) is 0.807. The molecule has 0 aliphatic carbocycles. The van der Waals surface area contributed by atoms with Crippen LogP contribution in [-0.2, 0) is 16.0 Å². The summed E-state index contributed by atoms with van der Waals surface area (Å²) >= 11 is 5.64. The van der Waals surface area contributed by atoms with Crippen LogP contribution in [0.4, 0.5) is 5.69 Å². The minimum atomic E-state index is -0.451. The Bertz CT molecular complexity index is 490. The third-order valence-electron chi connectivity index (χ3n) is 3.21. The molecule has 4 nitrogen and oxygen atoms in total. The minimum absolute atomic E-state index is 0.101. The predicted octanol–water partition coefficient (Wildman–Crippen LogP) is 1.71. The number of carbonyl (C=O) groups excluding carboxylic acids is 2. The van der Waals surface area contributed by atoms with E-state index in [4.69, 9.17) is 11.6 Å². The van der Waals surface area contributed by atoms with Crippen molar-refractivity contribution >= 4 is 29.1 Å². The summed E-state index contributed by atoms with van der Waals surface area (Å²) in [4.78, 5) is 25.9. The maximum Gasteiger partial charge on any atom is 0.243 e. The molecule has 1 unspecified atom stereocenters. The average molecular weight is 281 g/mol. The lowest BCUT2D eigenvalue weighted by molar-refractivity contribution is -0.126. The molecule has 1 aliphatic heterocycles. The molecule has 1 aromatic rings. The Balaban J connectivity index is 2.30. The minimum Gasteiger partial charge on any atom is -0.355 e. The van der Waals surface area contributed by atoms with Crippen molar-refractivity contribution in [1.29, 1.82) is 0 Å². The number of rotatable bonds is 4. The molecular formula is C14H17ClN2O2. The maximum absolute atomic E-state index is 12.2. The maximum atomic E-state index is 12.2. The van der Waals surface area contributed by atoms with Gasteiger partial charge in [-0.1, -0.05) is 18.2 Å². The fourth-order valence-electron chi connectivity index (χ4n) is 2.40. The number of nitrogens with zero attached hydrogens (tertiary/aromatic N) is 1. The highest BCUT2D eigenvalue weighted by Crippen LogP contribution is 2.32. The van der Waals surface area contributed by atoms with Gasteiger partial charge in [-0.15, -0.1) is 11.6 Å². The van der Waals surface area contributed by atoms with Crippen LogP contribution >= 0.6 is 11.6 Å². The van der Waals surface area contributed by atoms with Crippen LogP contribution in [0.5, 0.6) is 0 Å². The number of alkyl halides is 1. The standard InChI is InChI=1S/C14H17ClN2O2/c1-2-16-14(19)12-9-10-5-3-4-6-11(10)17(12)13(18)7-8-15/h3-6,12H,2,7-9H2,1H3,(H,16,19). The number of carbonyl (C=O) groups is 2. The van der Waals surface area contributed by atoms with Crippen molar-refractivity contribution < 1.29 is 9.59 Å². The molecule has 2 amide bonds. The molecule has 1 atom stereocenters. The molecule has 0 saturated carbocycles. The van der Waals surface area contributed by atoms with Gasteiger partial charge in [0.05, 0.1) is 0 Å². The van der Waals surface area contributed by atoms with E-state index in [0.29, 0.717) is 13.0 Å². The number of halogens is 1. The first-order chi connectivity index (χ1) is 9.19. The molecule has 1 aromatic carbocycles. The fourth-order valence-corrected chi connectivity index (χ4v) is 2.56. The Morgan fingerprint density at radius 1 is 1.42 bits per heavy atom. The highest BCUT2D eigenvalue weighted by Gasteiger charge is 2.37. The third kappa shape index (κ3) is 2.73. The van der Waals surface area contributed by atoms with Crippen LogP contribution in [0.2, 0.25) is 0 Å². The van der Waals surface area contributed by atoms with Crippen molar-refractivity contribution in [2.45, 2.75) is 25.8 Å². The molecule has 102 valence electrons. The quantitative estimate of drug-likeness (QED) is 0.854. The molecule has 2 rings (SSSR count). The van der Waals surface area contributed by atoms with E-state index in [0.717, 1.165) is 11.3 Å². The lowest BCUT2D eigenvalue weighted by Gasteiger charge is -2.24. The van der Waals surface area contributed by atoms with E-state index < -0.39 is 6.04 Å². The van der Waals surface area contributed by atoms with Crippen LogP contribution in [0.25, 0.3) is 0 Å². The third-order valence-corrected chi connectivity index (χ3v) is 3.40. The summed E-state index contributed by atoms with van der Waals surface area (Å²) in [5.41, 5.74) is 1.86. The van der Waals surface area contributed by atoms with E-state index in [2.05, 4.69) is 5.32 Å². The largest absolute Gasteiger partial charge is 0.355 e. The molecular weight excluding hydrogens is 264 g/mol. The molecule has 0 fully saturated rings. The zero-order valence-electron chi connectivity index (χ0n) is 10.9. The van der Waals surface area contributed by atoms with E-state index in [-0.39, 0.29) is 24.1 Å². The summed E-state index contributed by atoms with van der Waals surface area (Å²) in [5, 5.41) is 2.78. The lowest BCUT2D eigenvalue weighted by Crippen LogP contribution is -2.48. The van der Waals surface area contributed by atoms with E-state index in [1.165, 1.54) is 0 Å². The van der Waals surface area contributed by atoms with Crippen molar-refractivity contribution in [3.05, 3.63) is 29.8 Å². The van der Waals surface area contributed by atoms with Gasteiger partial charge in [0.15, 0.2) is 0 Å². The summed E-state index contributed by atoms with van der Waals surface area (Å²) in [6.45, 7) is 2.42. The Kier molecular flexibility index (Phi) is 4.43. The van der Waals surface area contributed by atoms with Crippen molar-refractivity contribution in [2.24, 2.45) is 0 Å². The number of likely N-dealkylation sites (N-methyl/N-ethyl adjacent to an activating group) is 1. The van der Waals surface area contributed by atoms with Gasteiger partial charge in [0.2, 0.25) is 11.8 Å². The highest BCUT2D eigenvalue weighted by atomic mass is 35.5. The number of para-hydroxylation sites is 1. The first-order valence-electron chi connectivity index (χ1n) is 6.42. The summed E-state index contributed by atoms with van der Waals surface area (Å²) in [6, 6.07) is 7.17. The van der Waals surface area contributed by atoms with Crippen LogP contribution in [0.1, 0.15) is 18.9 Å². The van der Waals surface area contributed by atoms with Crippen molar-refractivity contribution in [2.75, 3.05) is 17.3 Å². The van der Waals surface area contributed by atoms with E-state index in [9.17, 15) is 9.59 Å². The van der Waals surface area contributed by atoms with Gasteiger partial charge in [-0.2, -0.15) is 0 Å². The Morgan fingerprint density at radius 3 is 2.84 bits per heavy atom. The van der Waals surface area contributed by atoms with Crippen LogP contribution < -0.4 is 10.2 Å². The average Bonchev–Trinajstić information content (AvgIpc) is 2.78. The van der Waals surface area contributed by atoms with Crippen LogP contribution in [0, 0.1) is 0 Å². The van der Waals surface area contributed by atoms with Crippen molar-refractivity contribution in [3.8, 4) is 0 Å². The smallest absolute Gasteiger partial charge is 0.243 e. The summed E-state index contributed by atoms with van der Waals surface area (Å²) in [7, 11) is 0. The van der Waals surface area contributed by atoms with Gasteiger partial charge in [0.1, 0.15) is 6.04 Å². The zero-order valence-corrected chi connectivity index (χ0v) is 11.6. The zero-order chi connectivity index (χ0) is 13.8. The molecule has 0 radical (unpaired) electrons. The van der Waals surface area contributed by atoms with Crippen LogP contribution in [0.3, 0.4) is 0 Å². The van der Waals surface area contributed by atoms with E-state index in [1.54, 1.807) is 4.90 Å². The molecule has 5 heteroatoms. The van der Waals surface area contributed by atoms with Gasteiger partial charge in [0.25, 0.3) is 0 Å². The summed E-state index contributed by atoms with van der Waals surface area (Å²) in [5.74, 6) is 0.0532. The molecule has 1 aliphatic rings. The second-order valence-corrected chi connectivity index (χ2v) is 4.82. The predicted molar refractivity (Wildman–Crippen MR) is 75.4 cm³/mol. The number of hydrogen-bond donors (Lipinski definition) is 1. The first-order valence-corrected chi connectivity index (χ1v) is 6.96. The Hall–Kier alpha value is -1.55.